The number of hydrogen-bond acceptors (Lipinski definition) is 5. The molecular formula is C11H16N4O2. The van der Waals surface area contributed by atoms with Crippen LogP contribution in [0.5, 0.6) is 0 Å². The van der Waals surface area contributed by atoms with E-state index in [4.69, 9.17) is 5.73 Å². The molecule has 6 nitrogen and oxygen atoms in total. The number of pyridine rings is 1. The van der Waals surface area contributed by atoms with Gasteiger partial charge in [0.2, 0.25) is 0 Å². The molecule has 0 aromatic carbocycles. The number of allylic oxidation sites excluding steroid dienone is 1. The molecule has 0 aliphatic carbocycles. The predicted octanol–water partition coefficient (Wildman–Crippen LogP) is 1.03. The molecule has 0 aliphatic heterocycles. The van der Waals surface area contributed by atoms with Gasteiger partial charge >= 0.3 is 5.82 Å². The molecule has 0 aliphatic rings. The van der Waals surface area contributed by atoms with Gasteiger partial charge in [-0.3, -0.25) is 10.7 Å². The minimum Gasteiger partial charge on any atom is -0.379 e. The van der Waals surface area contributed by atoms with Crippen molar-refractivity contribution < 1.29 is 4.92 Å². The smallest absolute Gasteiger partial charge is 0.333 e. The van der Waals surface area contributed by atoms with Crippen LogP contribution in [-0.4, -0.2) is 15.9 Å². The molecule has 3 N–H and O–H groups in total. The lowest BCUT2D eigenvalue weighted by molar-refractivity contribution is -0.428. The Morgan fingerprint density at radius 3 is 2.82 bits per heavy atom. The maximum Gasteiger partial charge on any atom is 0.333 e. The van der Waals surface area contributed by atoms with Crippen LogP contribution in [0.2, 0.25) is 0 Å². The first-order valence-corrected chi connectivity index (χ1v) is 5.29. The highest BCUT2D eigenvalue weighted by Crippen LogP contribution is 2.08. The molecule has 1 heterocycles. The highest BCUT2D eigenvalue weighted by atomic mass is 16.6. The van der Waals surface area contributed by atoms with Crippen molar-refractivity contribution in [1.82, 2.24) is 10.3 Å². The molecular weight excluding hydrogens is 220 g/mol. The molecule has 0 bridgehead atoms. The fourth-order valence-corrected chi connectivity index (χ4v) is 1.38. The lowest BCUT2D eigenvalue weighted by Gasteiger charge is -2.13. The lowest BCUT2D eigenvalue weighted by Crippen LogP contribution is -2.29. The second kappa shape index (κ2) is 5.83. The molecule has 92 valence electrons. The molecule has 0 amide bonds. The van der Waals surface area contributed by atoms with E-state index in [0.29, 0.717) is 12.1 Å². The highest BCUT2D eigenvalue weighted by Gasteiger charge is 2.13. The van der Waals surface area contributed by atoms with Crippen molar-refractivity contribution in [2.24, 2.45) is 5.73 Å². The molecule has 0 radical (unpaired) electrons. The molecule has 0 atom stereocenters. The van der Waals surface area contributed by atoms with Gasteiger partial charge in [0.05, 0.1) is 0 Å². The van der Waals surface area contributed by atoms with Crippen molar-refractivity contribution in [3.8, 4) is 0 Å². The number of aromatic nitrogens is 1. The minimum absolute atomic E-state index is 0.0835. The molecule has 17 heavy (non-hydrogen) atoms. The van der Waals surface area contributed by atoms with Crippen molar-refractivity contribution >= 4 is 0 Å². The van der Waals surface area contributed by atoms with E-state index in [-0.39, 0.29) is 11.9 Å². The third kappa shape index (κ3) is 4.10. The molecule has 0 saturated carbocycles. The summed E-state index contributed by atoms with van der Waals surface area (Å²) in [5, 5.41) is 13.7. The highest BCUT2D eigenvalue weighted by molar-refractivity contribution is 5.18. The van der Waals surface area contributed by atoms with Crippen LogP contribution >= 0.6 is 0 Å². The van der Waals surface area contributed by atoms with Gasteiger partial charge in [-0.05, 0) is 30.4 Å². The van der Waals surface area contributed by atoms with E-state index < -0.39 is 4.92 Å². The van der Waals surface area contributed by atoms with E-state index in [1.54, 1.807) is 18.5 Å². The van der Waals surface area contributed by atoms with Gasteiger partial charge < -0.3 is 15.4 Å². The Kier molecular flexibility index (Phi) is 4.45. The third-order valence-corrected chi connectivity index (χ3v) is 2.07. The number of rotatable bonds is 5. The van der Waals surface area contributed by atoms with Crippen LogP contribution in [0.15, 0.2) is 36.0 Å². The fourth-order valence-electron chi connectivity index (χ4n) is 1.38. The topological polar surface area (TPSA) is 94.1 Å². The number of nitrogens with two attached hydrogens (primary N) is 1. The van der Waals surface area contributed by atoms with Crippen LogP contribution in [0.3, 0.4) is 0 Å². The van der Waals surface area contributed by atoms with Gasteiger partial charge in [-0.15, -0.1) is 0 Å². The quantitative estimate of drug-likeness (QED) is 0.588. The van der Waals surface area contributed by atoms with Crippen molar-refractivity contribution in [2.45, 2.75) is 26.3 Å². The maximum atomic E-state index is 10.7. The Hall–Kier alpha value is -2.11. The van der Waals surface area contributed by atoms with Gasteiger partial charge in [-0.1, -0.05) is 6.07 Å². The molecule has 1 aromatic rings. The van der Waals surface area contributed by atoms with Gasteiger partial charge in [-0.2, -0.15) is 0 Å². The lowest BCUT2D eigenvalue weighted by atomic mass is 10.1. The van der Waals surface area contributed by atoms with E-state index in [0.717, 1.165) is 5.56 Å². The Bertz CT molecular complexity index is 415. The Labute approximate surface area is 99.7 Å². The Balaban J connectivity index is 2.93. The van der Waals surface area contributed by atoms with E-state index in [1.807, 2.05) is 19.9 Å². The summed E-state index contributed by atoms with van der Waals surface area (Å²) in [6.45, 7) is 3.80. The van der Waals surface area contributed by atoms with Crippen LogP contribution in [0.1, 0.15) is 19.4 Å². The van der Waals surface area contributed by atoms with Crippen LogP contribution in [0.25, 0.3) is 0 Å². The largest absolute Gasteiger partial charge is 0.379 e. The summed E-state index contributed by atoms with van der Waals surface area (Å²) in [7, 11) is 0. The summed E-state index contributed by atoms with van der Waals surface area (Å²) in [6, 6.07) is 3.72. The molecule has 0 saturated heterocycles. The summed E-state index contributed by atoms with van der Waals surface area (Å²) < 4.78 is 0. The second-order valence-corrected chi connectivity index (χ2v) is 3.96. The van der Waals surface area contributed by atoms with Crippen molar-refractivity contribution in [3.63, 3.8) is 0 Å². The first-order valence-electron chi connectivity index (χ1n) is 5.29. The van der Waals surface area contributed by atoms with Crippen LogP contribution in [-0.2, 0) is 6.42 Å². The first kappa shape index (κ1) is 13.0. The standard InChI is InChI=1S/C11H16N4O2/c1-8(2)14-10(11(12)15(16)17)6-9-4-3-5-13-7-9/h3-5,7-8,14H,6,12H2,1-2H3. The summed E-state index contributed by atoms with van der Waals surface area (Å²) >= 11 is 0. The Morgan fingerprint density at radius 1 is 1.65 bits per heavy atom. The molecule has 6 heteroatoms. The third-order valence-electron chi connectivity index (χ3n) is 2.07. The first-order chi connectivity index (χ1) is 8.00. The minimum atomic E-state index is -0.582. The van der Waals surface area contributed by atoms with E-state index >= 15 is 0 Å². The molecule has 1 aromatic heterocycles. The fraction of sp³-hybridized carbons (Fsp3) is 0.364. The van der Waals surface area contributed by atoms with Crippen molar-refractivity contribution in [1.29, 1.82) is 0 Å². The monoisotopic (exact) mass is 236 g/mol. The summed E-state index contributed by atoms with van der Waals surface area (Å²) in [5.41, 5.74) is 6.74. The van der Waals surface area contributed by atoms with Crippen LogP contribution in [0, 0.1) is 10.1 Å². The molecule has 1 rings (SSSR count). The Morgan fingerprint density at radius 2 is 2.35 bits per heavy atom. The van der Waals surface area contributed by atoms with Crippen molar-refractivity contribution in [2.75, 3.05) is 0 Å². The number of hydrogen-bond donors (Lipinski definition) is 2. The zero-order valence-corrected chi connectivity index (χ0v) is 9.88. The van der Waals surface area contributed by atoms with Gasteiger partial charge in [0.1, 0.15) is 5.70 Å². The van der Waals surface area contributed by atoms with Crippen LogP contribution in [0.4, 0.5) is 0 Å². The van der Waals surface area contributed by atoms with E-state index in [2.05, 4.69) is 10.3 Å². The normalized spacial score (nSPS) is 12.2. The average Bonchev–Trinajstić information content (AvgIpc) is 2.28. The van der Waals surface area contributed by atoms with Gasteiger partial charge in [0.15, 0.2) is 0 Å². The maximum absolute atomic E-state index is 10.7. The average molecular weight is 236 g/mol. The number of nitro groups is 1. The van der Waals surface area contributed by atoms with Gasteiger partial charge in [-0.25, -0.2) is 0 Å². The van der Waals surface area contributed by atoms with Gasteiger partial charge in [0, 0.05) is 24.9 Å². The van der Waals surface area contributed by atoms with Gasteiger partial charge in [0.25, 0.3) is 0 Å². The number of nitrogens with one attached hydrogen (secondary N) is 1. The van der Waals surface area contributed by atoms with E-state index in [9.17, 15) is 10.1 Å². The molecule has 0 unspecified atom stereocenters. The molecule has 0 spiro atoms. The van der Waals surface area contributed by atoms with E-state index in [1.165, 1.54) is 0 Å². The predicted molar refractivity (Wildman–Crippen MR) is 64.4 cm³/mol. The zero-order chi connectivity index (χ0) is 12.8. The summed E-state index contributed by atoms with van der Waals surface area (Å²) in [4.78, 5) is 14.1. The summed E-state index contributed by atoms with van der Waals surface area (Å²) in [6.07, 6.45) is 3.69. The SMILES string of the molecule is CC(C)NC(Cc1cccnc1)=C(N)[N+](=O)[O-]. The number of nitrogens with zero attached hydrogens (tertiary/aromatic N) is 2. The molecule has 0 fully saturated rings. The second-order valence-electron chi connectivity index (χ2n) is 3.96. The summed E-state index contributed by atoms with van der Waals surface area (Å²) in [5.74, 6) is -0.345. The zero-order valence-electron chi connectivity index (χ0n) is 9.88. The van der Waals surface area contributed by atoms with Crippen molar-refractivity contribution in [3.05, 3.63) is 51.7 Å². The van der Waals surface area contributed by atoms with Crippen LogP contribution < -0.4 is 11.1 Å².